The van der Waals surface area contributed by atoms with Crippen LogP contribution >= 0.6 is 0 Å². The third-order valence-corrected chi connectivity index (χ3v) is 4.09. The minimum Gasteiger partial charge on any atom is -0.338 e. The van der Waals surface area contributed by atoms with E-state index in [1.54, 1.807) is 6.92 Å². The molecule has 3 unspecified atom stereocenters. The predicted octanol–water partition coefficient (Wildman–Crippen LogP) is -0.436. The molecule has 0 radical (unpaired) electrons. The van der Waals surface area contributed by atoms with E-state index >= 15 is 0 Å². The highest BCUT2D eigenvalue weighted by Crippen LogP contribution is 2.02. The van der Waals surface area contributed by atoms with Crippen LogP contribution in [0.5, 0.6) is 0 Å². The van der Waals surface area contributed by atoms with Gasteiger partial charge in [0.05, 0.1) is 0 Å². The number of nitrogens with one attached hydrogen (secondary N) is 2. The zero-order chi connectivity index (χ0) is 13.4. The molecule has 0 aliphatic carbocycles. The Balaban J connectivity index is 4.20. The lowest BCUT2D eigenvalue weighted by Crippen LogP contribution is -2.45. The number of hydrogen-bond donors (Lipinski definition) is 3. The second-order valence-electron chi connectivity index (χ2n) is 3.88. The van der Waals surface area contributed by atoms with E-state index in [2.05, 4.69) is 10.6 Å². The first kappa shape index (κ1) is 16.1. The molecule has 0 spiro atoms. The molecule has 6 nitrogen and oxygen atoms in total. The summed E-state index contributed by atoms with van der Waals surface area (Å²) < 4.78 is 11.8. The molecule has 0 saturated carbocycles. The van der Waals surface area contributed by atoms with Gasteiger partial charge in [-0.05, 0) is 26.3 Å². The maximum absolute atomic E-state index is 11.8. The van der Waals surface area contributed by atoms with Crippen LogP contribution in [0.25, 0.3) is 0 Å². The van der Waals surface area contributed by atoms with Crippen LogP contribution < -0.4 is 16.4 Å². The summed E-state index contributed by atoms with van der Waals surface area (Å²) in [6.45, 7) is 6.01. The Morgan fingerprint density at radius 2 is 1.94 bits per heavy atom. The fraction of sp³-hybridized carbons (Fsp3) is 0.800. The maximum atomic E-state index is 11.8. The molecule has 0 heterocycles. The molecule has 7 heteroatoms. The summed E-state index contributed by atoms with van der Waals surface area (Å²) in [4.78, 5) is 22.6. The van der Waals surface area contributed by atoms with E-state index in [0.29, 0.717) is 18.8 Å². The molecule has 0 bridgehead atoms. The summed E-state index contributed by atoms with van der Waals surface area (Å²) in [5, 5.41) is 3.86. The Morgan fingerprint density at radius 3 is 2.41 bits per heavy atom. The summed E-state index contributed by atoms with van der Waals surface area (Å²) in [5.41, 5.74) is 5.42. The van der Waals surface area contributed by atoms with Crippen LogP contribution in [0.2, 0.25) is 0 Å². The lowest BCUT2D eigenvalue weighted by atomic mass is 10.2. The van der Waals surface area contributed by atoms with Gasteiger partial charge in [-0.25, -0.2) is 4.79 Å². The largest absolute Gasteiger partial charge is 0.338 e. The molecule has 0 rings (SSSR count). The van der Waals surface area contributed by atoms with E-state index in [-0.39, 0.29) is 5.92 Å². The molecule has 0 aromatic carbocycles. The molecular weight excluding hydrogens is 242 g/mol. The van der Waals surface area contributed by atoms with Crippen molar-refractivity contribution < 1.29 is 13.8 Å². The first-order valence-electron chi connectivity index (χ1n) is 5.58. The van der Waals surface area contributed by atoms with E-state index in [4.69, 9.17) is 5.73 Å². The Hall–Kier alpha value is -0.950. The molecule has 0 aliphatic heterocycles. The zero-order valence-corrected chi connectivity index (χ0v) is 11.3. The number of urea groups is 1. The summed E-state index contributed by atoms with van der Waals surface area (Å²) >= 11 is 0. The molecular formula is C10H21N3O3S. The Kier molecular flexibility index (Phi) is 7.73. The van der Waals surface area contributed by atoms with Crippen LogP contribution in [0.15, 0.2) is 0 Å². The molecule has 4 N–H and O–H groups in total. The van der Waals surface area contributed by atoms with Crippen molar-refractivity contribution in [2.24, 2.45) is 11.7 Å². The highest BCUT2D eigenvalue weighted by molar-refractivity contribution is 7.86. The molecule has 17 heavy (non-hydrogen) atoms. The number of carbonyl (C=O) groups is 2. The number of nitrogens with two attached hydrogens (primary N) is 1. The highest BCUT2D eigenvalue weighted by atomic mass is 32.2. The minimum absolute atomic E-state index is 0.0931. The van der Waals surface area contributed by atoms with Gasteiger partial charge in [0.25, 0.3) is 0 Å². The topological polar surface area (TPSA) is 101 Å². The molecule has 0 aliphatic rings. The number of imide groups is 1. The van der Waals surface area contributed by atoms with E-state index in [1.165, 1.54) is 6.92 Å². The van der Waals surface area contributed by atoms with Crippen molar-refractivity contribution in [3.63, 3.8) is 0 Å². The van der Waals surface area contributed by atoms with Crippen LogP contribution in [0.4, 0.5) is 4.79 Å². The van der Waals surface area contributed by atoms with E-state index < -0.39 is 28.0 Å². The zero-order valence-electron chi connectivity index (χ0n) is 10.5. The molecule has 100 valence electrons. The van der Waals surface area contributed by atoms with Gasteiger partial charge in [-0.3, -0.25) is 14.3 Å². The van der Waals surface area contributed by atoms with Gasteiger partial charge in [0.2, 0.25) is 5.91 Å². The monoisotopic (exact) mass is 263 g/mol. The normalized spacial score (nSPS) is 15.8. The lowest BCUT2D eigenvalue weighted by Gasteiger charge is -2.14. The summed E-state index contributed by atoms with van der Waals surface area (Å²) in [6.07, 6.45) is 0. The highest BCUT2D eigenvalue weighted by Gasteiger charge is 2.22. The van der Waals surface area contributed by atoms with Gasteiger partial charge in [0.1, 0.15) is 5.25 Å². The molecule has 0 aromatic heterocycles. The molecule has 0 aromatic rings. The summed E-state index contributed by atoms with van der Waals surface area (Å²) in [6, 6.07) is -0.562. The van der Waals surface area contributed by atoms with Gasteiger partial charge in [0, 0.05) is 23.1 Å². The standard InChI is InChI=1S/C10H21N3O3S/c1-4-12-10(15)13-9(14)8(3)17(16)6-7(2)5-11/h7-8H,4-6,11H2,1-3H3,(H2,12,13,14,15). The van der Waals surface area contributed by atoms with Crippen molar-refractivity contribution in [1.82, 2.24) is 10.6 Å². The average molecular weight is 263 g/mol. The fourth-order valence-electron chi connectivity index (χ4n) is 1.03. The van der Waals surface area contributed by atoms with Crippen LogP contribution in [0.1, 0.15) is 20.8 Å². The predicted molar refractivity (Wildman–Crippen MR) is 67.9 cm³/mol. The van der Waals surface area contributed by atoms with Crippen molar-refractivity contribution in [3.05, 3.63) is 0 Å². The van der Waals surface area contributed by atoms with Crippen LogP contribution in [0, 0.1) is 5.92 Å². The smallest absolute Gasteiger partial charge is 0.321 e. The van der Waals surface area contributed by atoms with Gasteiger partial charge < -0.3 is 11.1 Å². The maximum Gasteiger partial charge on any atom is 0.321 e. The minimum atomic E-state index is -1.32. The van der Waals surface area contributed by atoms with Gasteiger partial charge >= 0.3 is 6.03 Å². The van der Waals surface area contributed by atoms with Crippen LogP contribution in [-0.2, 0) is 15.6 Å². The quantitative estimate of drug-likeness (QED) is 0.605. The van der Waals surface area contributed by atoms with Crippen LogP contribution in [0.3, 0.4) is 0 Å². The number of carbonyl (C=O) groups excluding carboxylic acids is 2. The van der Waals surface area contributed by atoms with E-state index in [1.807, 2.05) is 6.92 Å². The van der Waals surface area contributed by atoms with Gasteiger partial charge in [0.15, 0.2) is 0 Å². The Bertz CT molecular complexity index is 297. The third kappa shape index (κ3) is 6.38. The second kappa shape index (κ2) is 8.19. The fourth-order valence-corrected chi connectivity index (χ4v) is 2.31. The third-order valence-electron chi connectivity index (χ3n) is 2.19. The Morgan fingerprint density at radius 1 is 1.35 bits per heavy atom. The van der Waals surface area contributed by atoms with Crippen molar-refractivity contribution in [2.75, 3.05) is 18.8 Å². The molecule has 0 saturated heterocycles. The van der Waals surface area contributed by atoms with Gasteiger partial charge in [-0.15, -0.1) is 0 Å². The van der Waals surface area contributed by atoms with Gasteiger partial charge in [-0.1, -0.05) is 6.92 Å². The lowest BCUT2D eigenvalue weighted by molar-refractivity contribution is -0.119. The first-order chi connectivity index (χ1) is 7.92. The van der Waals surface area contributed by atoms with Gasteiger partial charge in [-0.2, -0.15) is 0 Å². The number of amides is 3. The molecule has 0 fully saturated rings. The van der Waals surface area contributed by atoms with Crippen molar-refractivity contribution >= 4 is 22.7 Å². The van der Waals surface area contributed by atoms with Crippen molar-refractivity contribution in [3.8, 4) is 0 Å². The summed E-state index contributed by atoms with van der Waals surface area (Å²) in [7, 11) is -1.32. The summed E-state index contributed by atoms with van der Waals surface area (Å²) in [5.74, 6) is -0.0745. The number of hydrogen-bond acceptors (Lipinski definition) is 4. The van der Waals surface area contributed by atoms with E-state index in [0.717, 1.165) is 0 Å². The molecule has 3 atom stereocenters. The average Bonchev–Trinajstić information content (AvgIpc) is 2.27. The van der Waals surface area contributed by atoms with Crippen molar-refractivity contribution in [2.45, 2.75) is 26.0 Å². The van der Waals surface area contributed by atoms with Crippen LogP contribution in [-0.4, -0.2) is 40.2 Å². The SMILES string of the molecule is CCNC(=O)NC(=O)C(C)S(=O)CC(C)CN. The number of rotatable bonds is 6. The second-order valence-corrected chi connectivity index (χ2v) is 5.68. The van der Waals surface area contributed by atoms with E-state index in [9.17, 15) is 13.8 Å². The Labute approximate surface area is 104 Å². The molecule has 3 amide bonds. The van der Waals surface area contributed by atoms with Crippen molar-refractivity contribution in [1.29, 1.82) is 0 Å². The first-order valence-corrected chi connectivity index (χ1v) is 6.96.